The highest BCUT2D eigenvalue weighted by Gasteiger charge is 2.34. The van der Waals surface area contributed by atoms with Gasteiger partial charge < -0.3 is 5.73 Å². The molecular formula is C10H13F4N. The van der Waals surface area contributed by atoms with Crippen LogP contribution in [0.25, 0.3) is 0 Å². The van der Waals surface area contributed by atoms with Crippen LogP contribution in [0.2, 0.25) is 0 Å². The largest absolute Gasteiger partial charge is 0.419 e. The quantitative estimate of drug-likeness (QED) is 0.726. The van der Waals surface area contributed by atoms with Crippen LogP contribution in [-0.2, 0) is 12.7 Å². The third-order valence-electron chi connectivity index (χ3n) is 1.60. The molecule has 1 aromatic carbocycles. The van der Waals surface area contributed by atoms with Crippen LogP contribution in [0.1, 0.15) is 25.0 Å². The number of rotatable bonds is 1. The van der Waals surface area contributed by atoms with Gasteiger partial charge in [0.25, 0.3) is 0 Å². The Labute approximate surface area is 85.9 Å². The molecule has 0 atom stereocenters. The van der Waals surface area contributed by atoms with Crippen LogP contribution in [-0.4, -0.2) is 0 Å². The summed E-state index contributed by atoms with van der Waals surface area (Å²) in [7, 11) is 0. The summed E-state index contributed by atoms with van der Waals surface area (Å²) in [5.74, 6) is -1.28. The van der Waals surface area contributed by atoms with E-state index in [0.29, 0.717) is 6.07 Å². The van der Waals surface area contributed by atoms with Gasteiger partial charge in [-0.05, 0) is 6.07 Å². The monoisotopic (exact) mass is 223 g/mol. The van der Waals surface area contributed by atoms with Crippen LogP contribution in [0.5, 0.6) is 0 Å². The molecular weight excluding hydrogens is 210 g/mol. The molecule has 0 aromatic heterocycles. The van der Waals surface area contributed by atoms with Crippen molar-refractivity contribution in [2.75, 3.05) is 0 Å². The van der Waals surface area contributed by atoms with Gasteiger partial charge in [0.15, 0.2) is 0 Å². The van der Waals surface area contributed by atoms with Crippen LogP contribution >= 0.6 is 0 Å². The van der Waals surface area contributed by atoms with Gasteiger partial charge in [0, 0.05) is 12.1 Å². The predicted molar refractivity (Wildman–Crippen MR) is 50.6 cm³/mol. The van der Waals surface area contributed by atoms with E-state index in [9.17, 15) is 17.6 Å². The maximum Gasteiger partial charge on any atom is 0.419 e. The van der Waals surface area contributed by atoms with E-state index < -0.39 is 17.6 Å². The van der Waals surface area contributed by atoms with Crippen molar-refractivity contribution >= 4 is 0 Å². The fraction of sp³-hybridized carbons (Fsp3) is 0.400. The molecule has 0 unspecified atom stereocenters. The zero-order valence-corrected chi connectivity index (χ0v) is 8.53. The maximum absolute atomic E-state index is 13.0. The van der Waals surface area contributed by atoms with Crippen molar-refractivity contribution in [3.63, 3.8) is 0 Å². The van der Waals surface area contributed by atoms with Gasteiger partial charge >= 0.3 is 6.18 Å². The summed E-state index contributed by atoms with van der Waals surface area (Å²) in [5, 5.41) is 0. The average molecular weight is 223 g/mol. The molecule has 86 valence electrons. The summed E-state index contributed by atoms with van der Waals surface area (Å²) >= 11 is 0. The summed E-state index contributed by atoms with van der Waals surface area (Å²) in [6, 6.07) is 3.05. The van der Waals surface area contributed by atoms with Gasteiger partial charge in [-0.2, -0.15) is 13.2 Å². The Morgan fingerprint density at radius 1 is 1.20 bits per heavy atom. The third-order valence-corrected chi connectivity index (χ3v) is 1.60. The number of alkyl halides is 3. The lowest BCUT2D eigenvalue weighted by Crippen LogP contribution is -2.11. The normalized spacial score (nSPS) is 10.6. The highest BCUT2D eigenvalue weighted by atomic mass is 19.4. The van der Waals surface area contributed by atoms with Crippen molar-refractivity contribution in [2.45, 2.75) is 26.6 Å². The fourth-order valence-corrected chi connectivity index (χ4v) is 0.956. The Balaban J connectivity index is 0.000000921. The second-order valence-electron chi connectivity index (χ2n) is 2.48. The number of hydrogen-bond donors (Lipinski definition) is 1. The predicted octanol–water partition coefficient (Wildman–Crippen LogP) is 3.33. The minimum atomic E-state index is -4.66. The summed E-state index contributed by atoms with van der Waals surface area (Å²) in [6.07, 6.45) is -4.66. The zero-order chi connectivity index (χ0) is 12.1. The Kier molecular flexibility index (Phi) is 5.28. The second-order valence-corrected chi connectivity index (χ2v) is 2.48. The maximum atomic E-state index is 13.0. The Hall–Kier alpha value is -1.10. The Morgan fingerprint density at radius 2 is 1.73 bits per heavy atom. The summed E-state index contributed by atoms with van der Waals surface area (Å²) < 4.78 is 49.2. The Bertz CT molecular complexity index is 307. The standard InChI is InChI=1S/C8H7F4N.C2H6/c9-7-5(4-13)2-1-3-6(7)8(10,11)12;1-2/h1-3H,4,13H2;1-2H3. The molecule has 0 saturated carbocycles. The van der Waals surface area contributed by atoms with Crippen LogP contribution < -0.4 is 5.73 Å². The summed E-state index contributed by atoms with van der Waals surface area (Å²) in [5.41, 5.74) is 3.66. The number of benzene rings is 1. The van der Waals surface area contributed by atoms with Crippen LogP contribution in [0.3, 0.4) is 0 Å². The van der Waals surface area contributed by atoms with Crippen molar-refractivity contribution in [3.8, 4) is 0 Å². The molecule has 0 saturated heterocycles. The van der Waals surface area contributed by atoms with E-state index in [0.717, 1.165) is 6.07 Å². The van der Waals surface area contributed by atoms with Gasteiger partial charge in [0.1, 0.15) is 5.82 Å². The number of halogens is 4. The van der Waals surface area contributed by atoms with Crippen LogP contribution in [0.15, 0.2) is 18.2 Å². The topological polar surface area (TPSA) is 26.0 Å². The molecule has 0 amide bonds. The van der Waals surface area contributed by atoms with Crippen molar-refractivity contribution in [3.05, 3.63) is 35.1 Å². The molecule has 0 spiro atoms. The molecule has 15 heavy (non-hydrogen) atoms. The van der Waals surface area contributed by atoms with Crippen LogP contribution in [0, 0.1) is 5.82 Å². The SMILES string of the molecule is CC.NCc1cccc(C(F)(F)F)c1F. The first-order valence-electron chi connectivity index (χ1n) is 4.51. The van der Waals surface area contributed by atoms with E-state index in [4.69, 9.17) is 5.73 Å². The molecule has 1 rings (SSSR count). The highest BCUT2D eigenvalue weighted by molar-refractivity contribution is 5.27. The van der Waals surface area contributed by atoms with Crippen molar-refractivity contribution in [1.82, 2.24) is 0 Å². The molecule has 0 aliphatic rings. The van der Waals surface area contributed by atoms with Crippen molar-refractivity contribution in [2.24, 2.45) is 5.73 Å². The number of nitrogens with two attached hydrogens (primary N) is 1. The van der Waals surface area contributed by atoms with E-state index >= 15 is 0 Å². The minimum absolute atomic E-state index is 0.130. The molecule has 1 nitrogen and oxygen atoms in total. The fourth-order valence-electron chi connectivity index (χ4n) is 0.956. The lowest BCUT2D eigenvalue weighted by molar-refractivity contribution is -0.140. The first kappa shape index (κ1) is 13.9. The lowest BCUT2D eigenvalue weighted by atomic mass is 10.1. The zero-order valence-electron chi connectivity index (χ0n) is 8.53. The second kappa shape index (κ2) is 5.70. The molecule has 0 aliphatic carbocycles. The van der Waals surface area contributed by atoms with E-state index in [-0.39, 0.29) is 12.1 Å². The molecule has 5 heteroatoms. The Morgan fingerprint density at radius 3 is 2.13 bits per heavy atom. The van der Waals surface area contributed by atoms with Gasteiger partial charge in [0.05, 0.1) is 5.56 Å². The molecule has 0 bridgehead atoms. The molecule has 0 radical (unpaired) electrons. The summed E-state index contributed by atoms with van der Waals surface area (Å²) in [6.45, 7) is 3.76. The molecule has 0 heterocycles. The molecule has 1 aromatic rings. The van der Waals surface area contributed by atoms with Crippen molar-refractivity contribution < 1.29 is 17.6 Å². The van der Waals surface area contributed by atoms with Gasteiger partial charge in [-0.15, -0.1) is 0 Å². The van der Waals surface area contributed by atoms with E-state index in [1.54, 1.807) is 0 Å². The highest BCUT2D eigenvalue weighted by Crippen LogP contribution is 2.32. The molecule has 2 N–H and O–H groups in total. The van der Waals surface area contributed by atoms with E-state index in [1.165, 1.54) is 6.07 Å². The van der Waals surface area contributed by atoms with E-state index in [2.05, 4.69) is 0 Å². The first-order chi connectivity index (χ1) is 6.96. The van der Waals surface area contributed by atoms with E-state index in [1.807, 2.05) is 13.8 Å². The smallest absolute Gasteiger partial charge is 0.326 e. The van der Waals surface area contributed by atoms with Gasteiger partial charge in [0.2, 0.25) is 0 Å². The first-order valence-corrected chi connectivity index (χ1v) is 4.51. The minimum Gasteiger partial charge on any atom is -0.326 e. The lowest BCUT2D eigenvalue weighted by Gasteiger charge is -2.09. The summed E-state index contributed by atoms with van der Waals surface area (Å²) in [4.78, 5) is 0. The van der Waals surface area contributed by atoms with Crippen LogP contribution in [0.4, 0.5) is 17.6 Å². The molecule has 0 fully saturated rings. The van der Waals surface area contributed by atoms with Gasteiger partial charge in [-0.1, -0.05) is 26.0 Å². The molecule has 0 aliphatic heterocycles. The number of hydrogen-bond acceptors (Lipinski definition) is 1. The third kappa shape index (κ3) is 3.51. The van der Waals surface area contributed by atoms with Gasteiger partial charge in [-0.25, -0.2) is 4.39 Å². The average Bonchev–Trinajstić information content (AvgIpc) is 2.19. The van der Waals surface area contributed by atoms with Crippen molar-refractivity contribution in [1.29, 1.82) is 0 Å². The van der Waals surface area contributed by atoms with Gasteiger partial charge in [-0.3, -0.25) is 0 Å².